The lowest BCUT2D eigenvalue weighted by molar-refractivity contribution is 0.584. The predicted octanol–water partition coefficient (Wildman–Crippen LogP) is 2.64. The summed E-state index contributed by atoms with van der Waals surface area (Å²) in [6.07, 6.45) is 1.61. The normalized spacial score (nSPS) is 12.2. The van der Waals surface area contributed by atoms with E-state index in [1.165, 1.54) is 30.3 Å². The molecule has 0 amide bonds. The van der Waals surface area contributed by atoms with Crippen molar-refractivity contribution >= 4 is 36.6 Å². The zero-order valence-electron chi connectivity index (χ0n) is 14.8. The molecule has 0 atom stereocenters. The topological polar surface area (TPSA) is 105 Å². The lowest BCUT2D eigenvalue weighted by Crippen LogP contribution is -2.23. The SMILES string of the molecule is CCNS(=O)(=O)c1ccc(NS(=O)(=O)c2cccc3cc(C)cnc23)cc1. The fraction of sp³-hybridized carbons (Fsp3) is 0.167. The van der Waals surface area contributed by atoms with E-state index in [-0.39, 0.29) is 22.0 Å². The van der Waals surface area contributed by atoms with E-state index in [2.05, 4.69) is 14.4 Å². The minimum absolute atomic E-state index is 0.0596. The molecule has 0 aliphatic carbocycles. The number of nitrogens with one attached hydrogen (secondary N) is 2. The van der Waals surface area contributed by atoms with Gasteiger partial charge in [0.2, 0.25) is 10.0 Å². The Labute approximate surface area is 158 Å². The Kier molecular flexibility index (Phi) is 5.18. The molecule has 0 bridgehead atoms. The highest BCUT2D eigenvalue weighted by atomic mass is 32.2. The molecule has 3 rings (SSSR count). The Balaban J connectivity index is 1.94. The Bertz CT molecular complexity index is 1190. The van der Waals surface area contributed by atoms with E-state index < -0.39 is 20.0 Å². The number of hydrogen-bond acceptors (Lipinski definition) is 5. The summed E-state index contributed by atoms with van der Waals surface area (Å²) < 4.78 is 54.4. The molecule has 0 saturated heterocycles. The maximum atomic E-state index is 12.8. The molecule has 0 radical (unpaired) electrons. The smallest absolute Gasteiger partial charge is 0.264 e. The van der Waals surface area contributed by atoms with Crippen LogP contribution in [0.25, 0.3) is 10.9 Å². The minimum atomic E-state index is -3.89. The van der Waals surface area contributed by atoms with Crippen molar-refractivity contribution in [3.8, 4) is 0 Å². The van der Waals surface area contributed by atoms with Crippen LogP contribution in [0.3, 0.4) is 0 Å². The van der Waals surface area contributed by atoms with Crippen molar-refractivity contribution in [1.82, 2.24) is 9.71 Å². The van der Waals surface area contributed by atoms with Gasteiger partial charge in [-0.05, 0) is 48.9 Å². The predicted molar refractivity (Wildman–Crippen MR) is 105 cm³/mol. The maximum Gasteiger partial charge on any atom is 0.264 e. The van der Waals surface area contributed by atoms with Crippen LogP contribution in [-0.4, -0.2) is 28.4 Å². The van der Waals surface area contributed by atoms with Gasteiger partial charge in [0.1, 0.15) is 4.90 Å². The van der Waals surface area contributed by atoms with Crippen molar-refractivity contribution in [2.24, 2.45) is 0 Å². The second-order valence-corrected chi connectivity index (χ2v) is 9.39. The Morgan fingerprint density at radius 3 is 2.33 bits per heavy atom. The molecule has 142 valence electrons. The highest BCUT2D eigenvalue weighted by Gasteiger charge is 2.19. The van der Waals surface area contributed by atoms with Gasteiger partial charge in [-0.1, -0.05) is 19.1 Å². The number of rotatable bonds is 6. The molecule has 0 aliphatic rings. The molecule has 1 aromatic heterocycles. The molecule has 27 heavy (non-hydrogen) atoms. The third kappa shape index (κ3) is 4.10. The summed E-state index contributed by atoms with van der Waals surface area (Å²) >= 11 is 0. The van der Waals surface area contributed by atoms with Gasteiger partial charge < -0.3 is 0 Å². The minimum Gasteiger partial charge on any atom is -0.280 e. The van der Waals surface area contributed by atoms with Crippen molar-refractivity contribution < 1.29 is 16.8 Å². The number of sulfonamides is 2. The van der Waals surface area contributed by atoms with Gasteiger partial charge in [0.05, 0.1) is 10.4 Å². The van der Waals surface area contributed by atoms with Gasteiger partial charge in [0.15, 0.2) is 0 Å². The fourth-order valence-electron chi connectivity index (χ4n) is 2.65. The number of anilines is 1. The Morgan fingerprint density at radius 2 is 1.67 bits per heavy atom. The summed E-state index contributed by atoms with van der Waals surface area (Å²) in [7, 11) is -7.48. The molecule has 2 N–H and O–H groups in total. The molecule has 0 saturated carbocycles. The molecule has 0 aliphatic heterocycles. The lowest BCUT2D eigenvalue weighted by atomic mass is 10.2. The molecule has 9 heteroatoms. The number of pyridine rings is 1. The fourth-order valence-corrected chi connectivity index (χ4v) is 4.93. The summed E-state index contributed by atoms with van der Waals surface area (Å²) in [5.41, 5.74) is 1.57. The van der Waals surface area contributed by atoms with Crippen molar-refractivity contribution in [3.05, 3.63) is 60.3 Å². The largest absolute Gasteiger partial charge is 0.280 e. The van der Waals surface area contributed by atoms with Crippen LogP contribution in [0.15, 0.2) is 64.5 Å². The molecular formula is C18H19N3O4S2. The first-order valence-electron chi connectivity index (χ1n) is 8.21. The number of fused-ring (bicyclic) bond motifs is 1. The van der Waals surface area contributed by atoms with Gasteiger partial charge in [-0.2, -0.15) is 0 Å². The Morgan fingerprint density at radius 1 is 0.963 bits per heavy atom. The molecular weight excluding hydrogens is 386 g/mol. The van der Waals surface area contributed by atoms with Gasteiger partial charge >= 0.3 is 0 Å². The van der Waals surface area contributed by atoms with Crippen LogP contribution in [0, 0.1) is 6.92 Å². The second-order valence-electron chi connectivity index (χ2n) is 5.97. The first-order chi connectivity index (χ1) is 12.7. The Hall–Kier alpha value is -2.49. The standard InChI is InChI=1S/C18H19N3O4S2/c1-3-20-26(22,23)16-9-7-15(8-10-16)21-27(24,25)17-6-4-5-14-11-13(2)12-19-18(14)17/h4-12,20-21H,3H2,1-2H3. The lowest BCUT2D eigenvalue weighted by Gasteiger charge is -2.11. The molecule has 2 aromatic carbocycles. The number of aryl methyl sites for hydroxylation is 1. The number of nitrogens with zero attached hydrogens (tertiary/aromatic N) is 1. The molecule has 0 unspecified atom stereocenters. The number of hydrogen-bond donors (Lipinski definition) is 2. The average Bonchev–Trinajstić information content (AvgIpc) is 2.61. The van der Waals surface area contributed by atoms with Crippen molar-refractivity contribution in [2.75, 3.05) is 11.3 Å². The van der Waals surface area contributed by atoms with E-state index in [1.807, 2.05) is 13.0 Å². The first kappa shape index (κ1) is 19.3. The van der Waals surface area contributed by atoms with E-state index in [1.54, 1.807) is 25.3 Å². The molecule has 3 aromatic rings. The van der Waals surface area contributed by atoms with Crippen LogP contribution < -0.4 is 9.44 Å². The van der Waals surface area contributed by atoms with Gasteiger partial charge in [0.25, 0.3) is 10.0 Å². The maximum absolute atomic E-state index is 12.8. The summed E-state index contributed by atoms with van der Waals surface area (Å²) in [5.74, 6) is 0. The van der Waals surface area contributed by atoms with Crippen LogP contribution in [0.5, 0.6) is 0 Å². The molecule has 7 nitrogen and oxygen atoms in total. The number of aromatic nitrogens is 1. The summed E-state index contributed by atoms with van der Waals surface area (Å²) in [6, 6.07) is 12.3. The third-order valence-corrected chi connectivity index (χ3v) is 6.83. The van der Waals surface area contributed by atoms with E-state index in [9.17, 15) is 16.8 Å². The second kappa shape index (κ2) is 7.26. The third-order valence-electron chi connectivity index (χ3n) is 3.85. The van der Waals surface area contributed by atoms with Crippen molar-refractivity contribution in [3.63, 3.8) is 0 Å². The number of para-hydroxylation sites is 1. The van der Waals surface area contributed by atoms with Gasteiger partial charge in [0, 0.05) is 23.8 Å². The van der Waals surface area contributed by atoms with Crippen LogP contribution in [-0.2, 0) is 20.0 Å². The summed E-state index contributed by atoms with van der Waals surface area (Å²) in [6.45, 7) is 3.83. The van der Waals surface area contributed by atoms with Gasteiger partial charge in [-0.15, -0.1) is 0 Å². The summed E-state index contributed by atoms with van der Waals surface area (Å²) in [4.78, 5) is 4.37. The first-order valence-corrected chi connectivity index (χ1v) is 11.2. The molecule has 0 fully saturated rings. The van der Waals surface area contributed by atoms with Crippen LogP contribution in [0.2, 0.25) is 0 Å². The van der Waals surface area contributed by atoms with E-state index in [0.717, 1.165) is 10.9 Å². The van der Waals surface area contributed by atoms with E-state index >= 15 is 0 Å². The quantitative estimate of drug-likeness (QED) is 0.656. The van der Waals surface area contributed by atoms with Crippen molar-refractivity contribution in [1.29, 1.82) is 0 Å². The number of benzene rings is 2. The van der Waals surface area contributed by atoms with Crippen molar-refractivity contribution in [2.45, 2.75) is 23.6 Å². The zero-order valence-corrected chi connectivity index (χ0v) is 16.4. The van der Waals surface area contributed by atoms with E-state index in [0.29, 0.717) is 5.52 Å². The van der Waals surface area contributed by atoms with Crippen LogP contribution >= 0.6 is 0 Å². The average molecular weight is 406 g/mol. The molecule has 0 spiro atoms. The zero-order chi connectivity index (χ0) is 19.7. The summed E-state index contributed by atoms with van der Waals surface area (Å²) in [5, 5.41) is 0.727. The molecule has 1 heterocycles. The highest BCUT2D eigenvalue weighted by Crippen LogP contribution is 2.24. The van der Waals surface area contributed by atoms with Crippen LogP contribution in [0.1, 0.15) is 12.5 Å². The van der Waals surface area contributed by atoms with Gasteiger partial charge in [-0.25, -0.2) is 21.6 Å². The van der Waals surface area contributed by atoms with Gasteiger partial charge in [-0.3, -0.25) is 9.71 Å². The van der Waals surface area contributed by atoms with Crippen LogP contribution in [0.4, 0.5) is 5.69 Å². The van der Waals surface area contributed by atoms with E-state index in [4.69, 9.17) is 0 Å². The monoisotopic (exact) mass is 405 g/mol. The highest BCUT2D eigenvalue weighted by molar-refractivity contribution is 7.93.